The van der Waals surface area contributed by atoms with Crippen molar-refractivity contribution < 1.29 is 9.53 Å². The van der Waals surface area contributed by atoms with E-state index in [9.17, 15) is 9.59 Å². The lowest BCUT2D eigenvalue weighted by Gasteiger charge is -2.12. The Bertz CT molecular complexity index is 1290. The molecule has 26 heavy (non-hydrogen) atoms. The van der Waals surface area contributed by atoms with Crippen molar-refractivity contribution >= 4 is 27.6 Å². The van der Waals surface area contributed by atoms with E-state index in [1.54, 1.807) is 22.8 Å². The molecule has 2 aromatic carbocycles. The van der Waals surface area contributed by atoms with Crippen molar-refractivity contribution in [3.8, 4) is 11.3 Å². The van der Waals surface area contributed by atoms with Crippen molar-refractivity contribution in [1.29, 1.82) is 0 Å². The highest BCUT2D eigenvalue weighted by Crippen LogP contribution is 2.37. The minimum atomic E-state index is -0.453. The van der Waals surface area contributed by atoms with Gasteiger partial charge in [0.15, 0.2) is 0 Å². The van der Waals surface area contributed by atoms with E-state index in [1.165, 1.54) is 7.11 Å². The zero-order valence-corrected chi connectivity index (χ0v) is 14.0. The summed E-state index contributed by atoms with van der Waals surface area (Å²) in [5, 5.41) is 2.08. The van der Waals surface area contributed by atoms with Gasteiger partial charge in [-0.05, 0) is 18.2 Å². The van der Waals surface area contributed by atoms with Crippen LogP contribution in [-0.2, 0) is 11.3 Å². The second-order valence-electron chi connectivity index (χ2n) is 6.33. The lowest BCUT2D eigenvalue weighted by atomic mass is 9.99. The monoisotopic (exact) mass is 342 g/mol. The van der Waals surface area contributed by atoms with Crippen molar-refractivity contribution in [3.63, 3.8) is 0 Å². The van der Waals surface area contributed by atoms with Gasteiger partial charge in [0.05, 0.1) is 36.1 Å². The van der Waals surface area contributed by atoms with Gasteiger partial charge in [-0.25, -0.2) is 4.79 Å². The molecular formula is C21H14N2O3. The Morgan fingerprint density at radius 2 is 1.81 bits per heavy atom. The molecule has 0 fully saturated rings. The second kappa shape index (κ2) is 5.26. The molecule has 4 aromatic rings. The van der Waals surface area contributed by atoms with Crippen LogP contribution in [0.5, 0.6) is 0 Å². The summed E-state index contributed by atoms with van der Waals surface area (Å²) in [7, 11) is 1.35. The van der Waals surface area contributed by atoms with Crippen LogP contribution in [0.25, 0.3) is 32.9 Å². The van der Waals surface area contributed by atoms with Crippen LogP contribution >= 0.6 is 0 Å². The van der Waals surface area contributed by atoms with E-state index in [1.807, 2.05) is 36.4 Å². The van der Waals surface area contributed by atoms with Gasteiger partial charge in [-0.1, -0.05) is 36.4 Å². The zero-order chi connectivity index (χ0) is 17.8. The fourth-order valence-electron chi connectivity index (χ4n) is 3.77. The number of hydrogen-bond acceptors (Lipinski definition) is 4. The van der Waals surface area contributed by atoms with Crippen molar-refractivity contribution in [2.45, 2.75) is 6.54 Å². The number of ether oxygens (including phenoxy) is 1. The zero-order valence-electron chi connectivity index (χ0n) is 14.0. The number of hydrogen-bond donors (Lipinski definition) is 0. The summed E-state index contributed by atoms with van der Waals surface area (Å²) in [6.45, 7) is 0.350. The number of carbonyl (C=O) groups is 1. The predicted molar refractivity (Wildman–Crippen MR) is 99.4 cm³/mol. The highest BCUT2D eigenvalue weighted by atomic mass is 16.5. The average Bonchev–Trinajstić information content (AvgIpc) is 3.04. The van der Waals surface area contributed by atoms with Crippen molar-refractivity contribution in [3.05, 3.63) is 76.2 Å². The van der Waals surface area contributed by atoms with Crippen molar-refractivity contribution in [1.82, 2.24) is 9.55 Å². The molecule has 0 N–H and O–H groups in total. The molecule has 1 aliphatic heterocycles. The maximum atomic E-state index is 13.0. The van der Waals surface area contributed by atoms with Crippen LogP contribution in [0.15, 0.2) is 59.4 Å². The molecule has 5 nitrogen and oxygen atoms in total. The largest absolute Gasteiger partial charge is 0.465 e. The van der Waals surface area contributed by atoms with Crippen LogP contribution in [-0.4, -0.2) is 22.6 Å². The Balaban J connectivity index is 1.96. The van der Waals surface area contributed by atoms with Gasteiger partial charge < -0.3 is 9.30 Å². The van der Waals surface area contributed by atoms with Crippen LogP contribution in [0.2, 0.25) is 0 Å². The highest BCUT2D eigenvalue weighted by Gasteiger charge is 2.30. The molecular weight excluding hydrogens is 328 g/mol. The van der Waals surface area contributed by atoms with Crippen LogP contribution in [0.1, 0.15) is 16.1 Å². The Morgan fingerprint density at radius 1 is 1.08 bits per heavy atom. The molecule has 5 heteroatoms. The van der Waals surface area contributed by atoms with E-state index in [4.69, 9.17) is 9.72 Å². The maximum Gasteiger partial charge on any atom is 0.340 e. The first-order valence-electron chi connectivity index (χ1n) is 8.32. The molecule has 126 valence electrons. The van der Waals surface area contributed by atoms with Crippen molar-refractivity contribution in [2.24, 2.45) is 0 Å². The van der Waals surface area contributed by atoms with Crippen LogP contribution in [0.4, 0.5) is 0 Å². The topological polar surface area (TPSA) is 61.2 Å². The first-order chi connectivity index (χ1) is 12.7. The number of methoxy groups -OCH3 is 1. The quantitative estimate of drug-likeness (QED) is 0.438. The van der Waals surface area contributed by atoms with E-state index in [2.05, 4.69) is 0 Å². The molecule has 3 heterocycles. The minimum absolute atomic E-state index is 0.120. The highest BCUT2D eigenvalue weighted by molar-refractivity contribution is 6.10. The summed E-state index contributed by atoms with van der Waals surface area (Å²) in [5.41, 5.74) is 3.36. The number of rotatable bonds is 1. The van der Waals surface area contributed by atoms with E-state index in [-0.39, 0.29) is 5.56 Å². The van der Waals surface area contributed by atoms with Gasteiger partial charge in [0, 0.05) is 21.7 Å². The molecule has 1 aliphatic rings. The molecule has 0 atom stereocenters. The number of nitrogens with zero attached hydrogens (tertiary/aromatic N) is 2. The number of carbonyl (C=O) groups excluding carboxylic acids is 1. The molecule has 0 unspecified atom stereocenters. The van der Waals surface area contributed by atoms with Gasteiger partial charge in [0.1, 0.15) is 0 Å². The second-order valence-corrected chi connectivity index (χ2v) is 6.33. The van der Waals surface area contributed by atoms with Crippen LogP contribution in [0.3, 0.4) is 0 Å². The SMILES string of the molecule is COC(=O)c1c2n(c(=O)c3ccccc13)Cc1nc3ccccc3cc1-2. The van der Waals surface area contributed by atoms with Crippen molar-refractivity contribution in [2.75, 3.05) is 7.11 Å². The summed E-state index contributed by atoms with van der Waals surface area (Å²) < 4.78 is 6.67. The number of benzene rings is 2. The molecule has 2 aromatic heterocycles. The van der Waals surface area contributed by atoms with Crippen LogP contribution in [0, 0.1) is 0 Å². The van der Waals surface area contributed by atoms with Gasteiger partial charge in [-0.15, -0.1) is 0 Å². The Kier molecular flexibility index (Phi) is 3.00. The third kappa shape index (κ3) is 1.88. The molecule has 0 radical (unpaired) electrons. The summed E-state index contributed by atoms with van der Waals surface area (Å²) >= 11 is 0. The van der Waals surface area contributed by atoms with E-state index in [0.717, 1.165) is 22.2 Å². The third-order valence-electron chi connectivity index (χ3n) is 4.93. The maximum absolute atomic E-state index is 13.0. The molecule has 0 amide bonds. The van der Waals surface area contributed by atoms with Gasteiger partial charge in [0.25, 0.3) is 5.56 Å². The fraction of sp³-hybridized carbons (Fsp3) is 0.0952. The standard InChI is InChI=1S/C21H14N2O3/c1-26-21(25)18-13-7-3-4-8-14(13)20(24)23-11-17-15(19(18)23)10-12-6-2-5-9-16(12)22-17/h2-10H,11H2,1H3. The first kappa shape index (κ1) is 14.8. The normalized spacial score (nSPS) is 12.2. The predicted octanol–water partition coefficient (Wildman–Crippen LogP) is 3.37. The van der Waals surface area contributed by atoms with Gasteiger partial charge in [-0.2, -0.15) is 0 Å². The number of aromatic nitrogens is 2. The van der Waals surface area contributed by atoms with Crippen LogP contribution < -0.4 is 5.56 Å². The number of esters is 1. The average molecular weight is 342 g/mol. The van der Waals surface area contributed by atoms with Gasteiger partial charge >= 0.3 is 5.97 Å². The van der Waals surface area contributed by atoms with Gasteiger partial charge in [0.2, 0.25) is 0 Å². The minimum Gasteiger partial charge on any atom is -0.465 e. The first-order valence-corrected chi connectivity index (χ1v) is 8.32. The summed E-state index contributed by atoms with van der Waals surface area (Å²) in [6, 6.07) is 16.9. The summed E-state index contributed by atoms with van der Waals surface area (Å²) in [4.78, 5) is 30.4. The van der Waals surface area contributed by atoms with E-state index < -0.39 is 5.97 Å². The molecule has 0 bridgehead atoms. The molecule has 0 aliphatic carbocycles. The number of pyridine rings is 2. The molecule has 0 saturated heterocycles. The van der Waals surface area contributed by atoms with E-state index >= 15 is 0 Å². The smallest absolute Gasteiger partial charge is 0.340 e. The molecule has 0 saturated carbocycles. The van der Waals surface area contributed by atoms with Gasteiger partial charge in [-0.3, -0.25) is 9.78 Å². The third-order valence-corrected chi connectivity index (χ3v) is 4.93. The molecule has 0 spiro atoms. The lowest BCUT2D eigenvalue weighted by molar-refractivity contribution is 0.0603. The fourth-order valence-corrected chi connectivity index (χ4v) is 3.77. The Hall–Kier alpha value is -3.47. The van der Waals surface area contributed by atoms with E-state index in [0.29, 0.717) is 28.6 Å². The summed E-state index contributed by atoms with van der Waals surface area (Å²) in [6.07, 6.45) is 0. The Morgan fingerprint density at radius 3 is 2.62 bits per heavy atom. The number of para-hydroxylation sites is 1. The summed E-state index contributed by atoms with van der Waals surface area (Å²) in [5.74, 6) is -0.453. The Labute approximate surface area is 148 Å². The molecule has 5 rings (SSSR count). The number of fused-ring (bicyclic) bond motifs is 5. The lowest BCUT2D eigenvalue weighted by Crippen LogP contribution is -2.22.